The summed E-state index contributed by atoms with van der Waals surface area (Å²) in [6.07, 6.45) is 3.97. The number of carbonyl (C=O) groups excluding carboxylic acids is 1. The van der Waals surface area contributed by atoms with Crippen LogP contribution >= 0.6 is 0 Å². The normalized spacial score (nSPS) is 17.6. The minimum absolute atomic E-state index is 0.00757. The molecule has 6 heteroatoms. The highest BCUT2D eigenvalue weighted by atomic mass is 16.2. The van der Waals surface area contributed by atoms with Crippen LogP contribution in [-0.4, -0.2) is 59.9 Å². The maximum atomic E-state index is 12.3. The Hall–Kier alpha value is -3.48. The number of rotatable bonds is 3. The second-order valence-corrected chi connectivity index (χ2v) is 9.83. The summed E-state index contributed by atoms with van der Waals surface area (Å²) in [6.45, 7) is 4.10. The van der Waals surface area contributed by atoms with E-state index in [0.717, 1.165) is 53.9 Å². The average molecular weight is 452 g/mol. The van der Waals surface area contributed by atoms with Crippen LogP contribution in [0.5, 0.6) is 0 Å². The van der Waals surface area contributed by atoms with Gasteiger partial charge in [-0.2, -0.15) is 0 Å². The van der Waals surface area contributed by atoms with Gasteiger partial charge in [0.2, 0.25) is 0 Å². The molecule has 2 aliphatic rings. The van der Waals surface area contributed by atoms with Gasteiger partial charge in [-0.1, -0.05) is 12.1 Å². The fourth-order valence-electron chi connectivity index (χ4n) is 5.57. The van der Waals surface area contributed by atoms with E-state index >= 15 is 0 Å². The number of amides is 1. The second kappa shape index (κ2) is 8.08. The van der Waals surface area contributed by atoms with E-state index in [1.165, 1.54) is 16.7 Å². The number of aromatic nitrogens is 2. The standard InChI is InChI=1S/C28H29N5O/c1-32(2)28(34)18-6-4-17(5-7-18)25-14-31-27-24(25)10-20(13-30-27)19-8-21-11-29-12-23-16-33(3)15-22(9-19)26(21)23/h4-10,13-14,23,29H,11-12,15-16H2,1-3H3,(H,30,31). The van der Waals surface area contributed by atoms with Crippen LogP contribution in [0.15, 0.2) is 54.9 Å². The Labute approximate surface area is 199 Å². The molecule has 34 heavy (non-hydrogen) atoms. The van der Waals surface area contributed by atoms with E-state index in [-0.39, 0.29) is 5.91 Å². The Kier molecular flexibility index (Phi) is 5.01. The van der Waals surface area contributed by atoms with Crippen LogP contribution in [-0.2, 0) is 13.1 Å². The van der Waals surface area contributed by atoms with Gasteiger partial charge in [-0.25, -0.2) is 4.98 Å². The molecule has 2 aromatic heterocycles. The van der Waals surface area contributed by atoms with Gasteiger partial charge >= 0.3 is 0 Å². The topological polar surface area (TPSA) is 64.3 Å². The second-order valence-electron chi connectivity index (χ2n) is 9.83. The number of carbonyl (C=O) groups is 1. The molecule has 0 radical (unpaired) electrons. The van der Waals surface area contributed by atoms with Crippen molar-refractivity contribution in [1.29, 1.82) is 0 Å². The molecule has 2 aliphatic heterocycles. The van der Waals surface area contributed by atoms with Gasteiger partial charge in [-0.15, -0.1) is 0 Å². The van der Waals surface area contributed by atoms with Crippen molar-refractivity contribution in [3.05, 3.63) is 77.1 Å². The number of hydrogen-bond acceptors (Lipinski definition) is 4. The lowest BCUT2D eigenvalue weighted by molar-refractivity contribution is 0.0827. The van der Waals surface area contributed by atoms with Crippen LogP contribution in [0.2, 0.25) is 0 Å². The van der Waals surface area contributed by atoms with E-state index in [4.69, 9.17) is 4.98 Å². The molecule has 4 aromatic rings. The third-order valence-electron chi connectivity index (χ3n) is 7.15. The molecule has 6 rings (SSSR count). The number of benzene rings is 2. The zero-order valence-electron chi connectivity index (χ0n) is 19.9. The van der Waals surface area contributed by atoms with Gasteiger partial charge in [0.05, 0.1) is 0 Å². The first-order chi connectivity index (χ1) is 16.5. The predicted octanol–water partition coefficient (Wildman–Crippen LogP) is 4.23. The van der Waals surface area contributed by atoms with Gasteiger partial charge in [0, 0.05) is 80.7 Å². The minimum Gasteiger partial charge on any atom is -0.346 e. The summed E-state index contributed by atoms with van der Waals surface area (Å²) in [6, 6.07) is 14.8. The summed E-state index contributed by atoms with van der Waals surface area (Å²) in [5, 5.41) is 4.69. The number of nitrogens with zero attached hydrogens (tertiary/aromatic N) is 3. The lowest BCUT2D eigenvalue weighted by Gasteiger charge is -2.37. The molecule has 0 spiro atoms. The molecule has 1 amide bonds. The first kappa shape index (κ1) is 21.1. The van der Waals surface area contributed by atoms with Crippen molar-refractivity contribution in [3.8, 4) is 22.3 Å². The maximum Gasteiger partial charge on any atom is 0.253 e. The zero-order valence-corrected chi connectivity index (χ0v) is 19.9. The van der Waals surface area contributed by atoms with Crippen LogP contribution < -0.4 is 5.32 Å². The number of likely N-dealkylation sites (N-methyl/N-ethyl adjacent to an activating group) is 1. The van der Waals surface area contributed by atoms with E-state index in [2.05, 4.69) is 40.4 Å². The van der Waals surface area contributed by atoms with E-state index in [1.807, 2.05) is 36.7 Å². The summed E-state index contributed by atoms with van der Waals surface area (Å²) in [4.78, 5) is 24.3. The number of hydrogen-bond donors (Lipinski definition) is 2. The third-order valence-corrected chi connectivity index (χ3v) is 7.15. The number of pyridine rings is 1. The quantitative estimate of drug-likeness (QED) is 0.489. The van der Waals surface area contributed by atoms with Gasteiger partial charge in [0.25, 0.3) is 5.91 Å². The number of H-pyrrole nitrogens is 1. The summed E-state index contributed by atoms with van der Waals surface area (Å²) in [5.41, 5.74) is 10.5. The molecule has 6 nitrogen and oxygen atoms in total. The molecule has 1 atom stereocenters. The Balaban J connectivity index is 1.41. The van der Waals surface area contributed by atoms with Gasteiger partial charge in [-0.05, 0) is 65.2 Å². The van der Waals surface area contributed by atoms with Crippen molar-refractivity contribution in [2.75, 3.05) is 34.2 Å². The molecule has 4 heterocycles. The van der Waals surface area contributed by atoms with E-state index in [1.54, 1.807) is 24.6 Å². The monoisotopic (exact) mass is 451 g/mol. The van der Waals surface area contributed by atoms with Crippen LogP contribution in [0.4, 0.5) is 0 Å². The molecule has 0 bridgehead atoms. The van der Waals surface area contributed by atoms with Crippen molar-refractivity contribution >= 4 is 16.9 Å². The Morgan fingerprint density at radius 1 is 1.06 bits per heavy atom. The van der Waals surface area contributed by atoms with Crippen LogP contribution in [0.3, 0.4) is 0 Å². The molecular weight excluding hydrogens is 422 g/mol. The highest BCUT2D eigenvalue weighted by Gasteiger charge is 2.29. The lowest BCUT2D eigenvalue weighted by atomic mass is 9.82. The summed E-state index contributed by atoms with van der Waals surface area (Å²) in [7, 11) is 5.75. The Morgan fingerprint density at radius 3 is 2.65 bits per heavy atom. The lowest BCUT2D eigenvalue weighted by Crippen LogP contribution is -2.39. The van der Waals surface area contributed by atoms with Crippen LogP contribution in [0.25, 0.3) is 33.3 Å². The SMILES string of the molecule is CN1Cc2cc(-c3cnc4[nH]cc(-c5ccc(C(=O)N(C)C)cc5)c4c3)cc3c2C(CNC3)C1. The minimum atomic E-state index is 0.00757. The highest BCUT2D eigenvalue weighted by Crippen LogP contribution is 2.37. The molecule has 0 aliphatic carbocycles. The van der Waals surface area contributed by atoms with Gasteiger partial charge in [-0.3, -0.25) is 4.79 Å². The van der Waals surface area contributed by atoms with E-state index in [9.17, 15) is 4.79 Å². The molecular formula is C28H29N5O. The molecule has 2 aromatic carbocycles. The molecule has 0 fully saturated rings. The Bertz CT molecular complexity index is 1400. The average Bonchev–Trinajstić information content (AvgIpc) is 3.26. The number of aromatic amines is 1. The molecule has 2 N–H and O–H groups in total. The largest absolute Gasteiger partial charge is 0.346 e. The van der Waals surface area contributed by atoms with E-state index in [0.29, 0.717) is 11.5 Å². The van der Waals surface area contributed by atoms with Gasteiger partial charge < -0.3 is 20.1 Å². The summed E-state index contributed by atoms with van der Waals surface area (Å²) < 4.78 is 0. The van der Waals surface area contributed by atoms with Crippen molar-refractivity contribution in [2.45, 2.75) is 19.0 Å². The van der Waals surface area contributed by atoms with Crippen LogP contribution in [0.1, 0.15) is 33.0 Å². The molecule has 0 saturated carbocycles. The number of fused-ring (bicyclic) bond motifs is 1. The Morgan fingerprint density at radius 2 is 1.85 bits per heavy atom. The predicted molar refractivity (Wildman–Crippen MR) is 136 cm³/mol. The highest BCUT2D eigenvalue weighted by molar-refractivity contribution is 5.98. The molecule has 0 saturated heterocycles. The fraction of sp³-hybridized carbons (Fsp3) is 0.286. The van der Waals surface area contributed by atoms with Gasteiger partial charge in [0.15, 0.2) is 0 Å². The van der Waals surface area contributed by atoms with Crippen molar-refractivity contribution in [2.24, 2.45) is 0 Å². The first-order valence-electron chi connectivity index (χ1n) is 11.8. The fourth-order valence-corrected chi connectivity index (χ4v) is 5.57. The first-order valence-corrected chi connectivity index (χ1v) is 11.8. The molecule has 172 valence electrons. The van der Waals surface area contributed by atoms with Crippen molar-refractivity contribution in [1.82, 2.24) is 25.1 Å². The van der Waals surface area contributed by atoms with Crippen molar-refractivity contribution < 1.29 is 4.79 Å². The summed E-state index contributed by atoms with van der Waals surface area (Å²) >= 11 is 0. The van der Waals surface area contributed by atoms with Crippen LogP contribution in [0, 0.1) is 0 Å². The van der Waals surface area contributed by atoms with Crippen molar-refractivity contribution in [3.63, 3.8) is 0 Å². The van der Waals surface area contributed by atoms with Gasteiger partial charge in [0.1, 0.15) is 5.65 Å². The van der Waals surface area contributed by atoms with E-state index < -0.39 is 0 Å². The number of nitrogens with one attached hydrogen (secondary N) is 2. The smallest absolute Gasteiger partial charge is 0.253 e. The maximum absolute atomic E-state index is 12.3. The summed E-state index contributed by atoms with van der Waals surface area (Å²) in [5.74, 6) is 0.582. The molecule has 1 unspecified atom stereocenters. The zero-order chi connectivity index (χ0) is 23.4. The third kappa shape index (κ3) is 3.50.